The molecule has 0 amide bonds. The molecule has 1 rings (SSSR count). The van der Waals surface area contributed by atoms with Gasteiger partial charge in [0, 0.05) is 10.9 Å². The van der Waals surface area contributed by atoms with Gasteiger partial charge in [-0.05, 0) is 29.2 Å². The summed E-state index contributed by atoms with van der Waals surface area (Å²) in [5.74, 6) is 0.342. The molecule has 76 valence electrons. The van der Waals surface area contributed by atoms with Crippen LogP contribution in [0.1, 0.15) is 26.7 Å². The molecule has 0 unspecified atom stereocenters. The van der Waals surface area contributed by atoms with Gasteiger partial charge < -0.3 is 0 Å². The zero-order valence-electron chi connectivity index (χ0n) is 8.51. The van der Waals surface area contributed by atoms with Gasteiger partial charge in [0.1, 0.15) is 5.70 Å². The Morgan fingerprint density at radius 1 is 1.50 bits per heavy atom. The first kappa shape index (κ1) is 11.4. The van der Waals surface area contributed by atoms with Crippen LogP contribution in [0.3, 0.4) is 0 Å². The van der Waals surface area contributed by atoms with Gasteiger partial charge in [0.05, 0.1) is 0 Å². The molecular formula is C11H14BrNO. The van der Waals surface area contributed by atoms with Gasteiger partial charge in [0.25, 0.3) is 0 Å². The second kappa shape index (κ2) is 4.69. The average molecular weight is 256 g/mol. The molecule has 0 fully saturated rings. The van der Waals surface area contributed by atoms with Crippen LogP contribution in [-0.4, -0.2) is 0 Å². The Hall–Kier alpha value is -0.700. The van der Waals surface area contributed by atoms with Gasteiger partial charge in [-0.25, -0.2) is 0 Å². The molecule has 0 atom stereocenters. The number of rotatable bonds is 2. The van der Waals surface area contributed by atoms with E-state index in [4.69, 9.17) is 0 Å². The molecule has 2 nitrogen and oxygen atoms in total. The lowest BCUT2D eigenvalue weighted by molar-refractivity contribution is 0.727. The van der Waals surface area contributed by atoms with E-state index in [1.165, 1.54) is 0 Å². The molecule has 0 saturated carbocycles. The van der Waals surface area contributed by atoms with Crippen molar-refractivity contribution < 1.29 is 0 Å². The fourth-order valence-electron chi connectivity index (χ4n) is 1.54. The number of hydrogen-bond donors (Lipinski definition) is 0. The normalized spacial score (nSPS) is 18.3. The molecule has 0 heterocycles. The van der Waals surface area contributed by atoms with Crippen molar-refractivity contribution in [3.05, 3.63) is 38.9 Å². The van der Waals surface area contributed by atoms with Crippen LogP contribution < -0.4 is 0 Å². The maximum Gasteiger partial charge on any atom is 0.108 e. The highest BCUT2D eigenvalue weighted by molar-refractivity contribution is 9.11. The van der Waals surface area contributed by atoms with Crippen molar-refractivity contribution in [2.45, 2.75) is 26.7 Å². The Morgan fingerprint density at radius 3 is 2.64 bits per heavy atom. The Labute approximate surface area is 92.9 Å². The predicted octanol–water partition coefficient (Wildman–Crippen LogP) is 4.29. The van der Waals surface area contributed by atoms with Crippen LogP contribution in [0.25, 0.3) is 0 Å². The predicted molar refractivity (Wildman–Crippen MR) is 63.0 cm³/mol. The van der Waals surface area contributed by atoms with Crippen LogP contribution in [0.4, 0.5) is 0 Å². The Balaban J connectivity index is 3.16. The van der Waals surface area contributed by atoms with E-state index in [0.29, 0.717) is 11.6 Å². The van der Waals surface area contributed by atoms with Crippen LogP contribution >= 0.6 is 15.9 Å². The van der Waals surface area contributed by atoms with Crippen molar-refractivity contribution in [3.63, 3.8) is 0 Å². The molecule has 0 radical (unpaired) electrons. The van der Waals surface area contributed by atoms with Crippen molar-refractivity contribution in [3.8, 4) is 0 Å². The van der Waals surface area contributed by atoms with Crippen molar-refractivity contribution in [1.29, 1.82) is 0 Å². The lowest BCUT2D eigenvalue weighted by Gasteiger charge is -2.11. The van der Waals surface area contributed by atoms with Crippen molar-refractivity contribution in [2.75, 3.05) is 0 Å². The minimum absolute atomic E-state index is 0.342. The first-order chi connectivity index (χ1) is 6.54. The Morgan fingerprint density at radius 2 is 2.14 bits per heavy atom. The van der Waals surface area contributed by atoms with Crippen LogP contribution in [0.15, 0.2) is 39.2 Å². The molecule has 0 aromatic heterocycles. The summed E-state index contributed by atoms with van der Waals surface area (Å²) in [6, 6.07) is 0. The van der Waals surface area contributed by atoms with Gasteiger partial charge >= 0.3 is 0 Å². The van der Waals surface area contributed by atoms with Crippen molar-refractivity contribution in [1.82, 2.24) is 0 Å². The zero-order chi connectivity index (χ0) is 10.7. The number of halogens is 1. The van der Waals surface area contributed by atoms with Crippen LogP contribution in [0.2, 0.25) is 0 Å². The van der Waals surface area contributed by atoms with Crippen LogP contribution in [0, 0.1) is 10.8 Å². The summed E-state index contributed by atoms with van der Waals surface area (Å²) in [7, 11) is 0. The molecule has 0 aromatic rings. The van der Waals surface area contributed by atoms with E-state index in [2.05, 4.69) is 41.5 Å². The maximum absolute atomic E-state index is 10.7. The van der Waals surface area contributed by atoms with E-state index in [-0.39, 0.29) is 0 Å². The molecular weight excluding hydrogens is 242 g/mol. The van der Waals surface area contributed by atoms with Crippen molar-refractivity contribution in [2.24, 2.45) is 11.1 Å². The van der Waals surface area contributed by atoms with E-state index in [1.807, 2.05) is 0 Å². The Kier molecular flexibility index (Phi) is 3.81. The SMILES string of the molecule is C=C1CC(Br)=CC(N=O)=C(C(C)C)C1. The summed E-state index contributed by atoms with van der Waals surface area (Å²) in [5, 5.41) is 3.08. The smallest absolute Gasteiger partial charge is 0.108 e. The zero-order valence-corrected chi connectivity index (χ0v) is 10.1. The molecule has 3 heteroatoms. The summed E-state index contributed by atoms with van der Waals surface area (Å²) >= 11 is 3.40. The molecule has 1 aliphatic carbocycles. The highest BCUT2D eigenvalue weighted by Gasteiger charge is 2.16. The van der Waals surface area contributed by atoms with E-state index in [1.54, 1.807) is 6.08 Å². The second-order valence-corrected chi connectivity index (χ2v) is 4.87. The van der Waals surface area contributed by atoms with E-state index >= 15 is 0 Å². The van der Waals surface area contributed by atoms with Gasteiger partial charge in [-0.15, -0.1) is 4.91 Å². The third kappa shape index (κ3) is 2.64. The first-order valence-electron chi connectivity index (χ1n) is 4.63. The van der Waals surface area contributed by atoms with Crippen LogP contribution in [0.5, 0.6) is 0 Å². The van der Waals surface area contributed by atoms with E-state index in [0.717, 1.165) is 28.5 Å². The summed E-state index contributed by atoms with van der Waals surface area (Å²) in [6.45, 7) is 8.12. The fraction of sp³-hybridized carbons (Fsp3) is 0.455. The standard InChI is InChI=1S/C11H14BrNO/c1-7(2)10-5-8(3)4-9(12)6-11(10)13-14/h6-7H,3-5H2,1-2H3. The van der Waals surface area contributed by atoms with Gasteiger partial charge in [-0.1, -0.05) is 41.9 Å². The molecule has 0 bridgehead atoms. The highest BCUT2D eigenvalue weighted by atomic mass is 79.9. The molecule has 14 heavy (non-hydrogen) atoms. The quantitative estimate of drug-likeness (QED) is 0.535. The first-order valence-corrected chi connectivity index (χ1v) is 5.43. The minimum Gasteiger partial charge on any atom is -0.145 e. The summed E-state index contributed by atoms with van der Waals surface area (Å²) < 4.78 is 0.979. The van der Waals surface area contributed by atoms with E-state index in [9.17, 15) is 4.91 Å². The van der Waals surface area contributed by atoms with Gasteiger partial charge in [-0.2, -0.15) is 0 Å². The third-order valence-electron chi connectivity index (χ3n) is 2.28. The molecule has 0 aromatic carbocycles. The number of allylic oxidation sites excluding steroid dienone is 4. The topological polar surface area (TPSA) is 29.4 Å². The molecule has 0 saturated heterocycles. The maximum atomic E-state index is 10.7. The van der Waals surface area contributed by atoms with Gasteiger partial charge in [0.2, 0.25) is 0 Å². The van der Waals surface area contributed by atoms with Gasteiger partial charge in [0.15, 0.2) is 0 Å². The van der Waals surface area contributed by atoms with Crippen molar-refractivity contribution >= 4 is 15.9 Å². The summed E-state index contributed by atoms with van der Waals surface area (Å²) in [5.41, 5.74) is 2.76. The summed E-state index contributed by atoms with van der Waals surface area (Å²) in [4.78, 5) is 10.7. The molecule has 0 aliphatic heterocycles. The lowest BCUT2D eigenvalue weighted by atomic mass is 9.95. The largest absolute Gasteiger partial charge is 0.145 e. The average Bonchev–Trinajstić information content (AvgIpc) is 2.23. The monoisotopic (exact) mass is 255 g/mol. The lowest BCUT2D eigenvalue weighted by Crippen LogP contribution is -1.97. The highest BCUT2D eigenvalue weighted by Crippen LogP contribution is 2.32. The number of nitrogens with zero attached hydrogens (tertiary/aromatic N) is 1. The molecule has 0 N–H and O–H groups in total. The molecule has 1 aliphatic rings. The summed E-state index contributed by atoms with van der Waals surface area (Å²) in [6.07, 6.45) is 3.39. The van der Waals surface area contributed by atoms with Crippen LogP contribution in [-0.2, 0) is 0 Å². The third-order valence-corrected chi connectivity index (χ3v) is 2.79. The van der Waals surface area contributed by atoms with Gasteiger partial charge in [-0.3, -0.25) is 0 Å². The fourth-order valence-corrected chi connectivity index (χ4v) is 2.15. The second-order valence-electron chi connectivity index (χ2n) is 3.85. The van der Waals surface area contributed by atoms with E-state index < -0.39 is 0 Å². The number of nitroso groups, excluding NO2 is 1. The number of hydrogen-bond acceptors (Lipinski definition) is 2. The molecule has 0 spiro atoms. The minimum atomic E-state index is 0.342. The Bertz CT molecular complexity index is 326.